The van der Waals surface area contributed by atoms with E-state index in [4.69, 9.17) is 0 Å². The maximum atomic E-state index is 14.6. The third-order valence-electron chi connectivity index (χ3n) is 6.42. The zero-order valence-corrected chi connectivity index (χ0v) is 18.7. The van der Waals surface area contributed by atoms with E-state index in [0.717, 1.165) is 0 Å². The molecular formula is C24H19FN6O2S. The Balaban J connectivity index is 1.26. The van der Waals surface area contributed by atoms with Gasteiger partial charge in [0, 0.05) is 16.6 Å². The Bertz CT molecular complexity index is 1440. The molecule has 10 heteroatoms. The summed E-state index contributed by atoms with van der Waals surface area (Å²) >= 11 is 1.52. The van der Waals surface area contributed by atoms with E-state index >= 15 is 0 Å². The SMILES string of the molecule is O=C(Nc1cc(-c2cc(Nc3ccncn3)c(=O)[nH]n2)ccc1F)c1cc2c(s1)C1CC[C@H]2C1. The van der Waals surface area contributed by atoms with Crippen LogP contribution in [0.1, 0.15) is 51.2 Å². The summed E-state index contributed by atoms with van der Waals surface area (Å²) in [5, 5.41) is 12.1. The quantitative estimate of drug-likeness (QED) is 0.383. The molecule has 3 heterocycles. The maximum Gasteiger partial charge on any atom is 0.287 e. The summed E-state index contributed by atoms with van der Waals surface area (Å²) < 4.78 is 14.6. The fraction of sp³-hybridized carbons (Fsp3) is 0.208. The summed E-state index contributed by atoms with van der Waals surface area (Å²) in [6, 6.07) is 9.44. The number of thiophene rings is 1. The fourth-order valence-electron chi connectivity index (χ4n) is 4.78. The van der Waals surface area contributed by atoms with Crippen molar-refractivity contribution < 1.29 is 9.18 Å². The van der Waals surface area contributed by atoms with Crippen LogP contribution in [0.3, 0.4) is 0 Å². The van der Waals surface area contributed by atoms with E-state index in [0.29, 0.717) is 33.8 Å². The van der Waals surface area contributed by atoms with Gasteiger partial charge in [-0.05, 0) is 73.1 Å². The highest BCUT2D eigenvalue weighted by Crippen LogP contribution is 2.55. The largest absolute Gasteiger partial charge is 0.336 e. The van der Waals surface area contributed by atoms with Crippen molar-refractivity contribution in [3.63, 3.8) is 0 Å². The number of halogens is 1. The molecule has 2 atom stereocenters. The highest BCUT2D eigenvalue weighted by molar-refractivity contribution is 7.14. The van der Waals surface area contributed by atoms with Crippen LogP contribution in [0.4, 0.5) is 21.6 Å². The molecule has 1 fully saturated rings. The average molecular weight is 475 g/mol. The first-order chi connectivity index (χ1) is 16.5. The predicted molar refractivity (Wildman–Crippen MR) is 127 cm³/mol. The lowest BCUT2D eigenvalue weighted by molar-refractivity contribution is 0.103. The van der Waals surface area contributed by atoms with E-state index in [1.807, 2.05) is 6.07 Å². The third-order valence-corrected chi connectivity index (χ3v) is 7.73. The van der Waals surface area contributed by atoms with Gasteiger partial charge in [0.2, 0.25) is 0 Å². The van der Waals surface area contributed by atoms with Gasteiger partial charge in [0.05, 0.1) is 16.3 Å². The molecule has 1 unspecified atom stereocenters. The maximum absolute atomic E-state index is 14.6. The van der Waals surface area contributed by atoms with Crippen molar-refractivity contribution in [2.75, 3.05) is 10.6 Å². The molecule has 170 valence electrons. The number of amides is 1. The number of carbonyl (C=O) groups excluding carboxylic acids is 1. The lowest BCUT2D eigenvalue weighted by Gasteiger charge is -2.09. The van der Waals surface area contributed by atoms with Crippen molar-refractivity contribution in [2.24, 2.45) is 0 Å². The second-order valence-corrected chi connectivity index (χ2v) is 9.59. The van der Waals surface area contributed by atoms with Gasteiger partial charge in [-0.25, -0.2) is 19.5 Å². The van der Waals surface area contributed by atoms with Crippen LogP contribution < -0.4 is 16.2 Å². The van der Waals surface area contributed by atoms with Gasteiger partial charge in [0.1, 0.15) is 23.6 Å². The number of rotatable bonds is 5. The number of H-pyrrole nitrogens is 1. The number of nitrogens with one attached hydrogen (secondary N) is 3. The summed E-state index contributed by atoms with van der Waals surface area (Å²) in [6.45, 7) is 0. The number of benzene rings is 1. The first kappa shape index (κ1) is 20.7. The average Bonchev–Trinajstić information content (AvgIpc) is 3.57. The summed E-state index contributed by atoms with van der Waals surface area (Å²) in [5.74, 6) is 0.707. The first-order valence-electron chi connectivity index (χ1n) is 10.9. The Hall–Kier alpha value is -3.92. The van der Waals surface area contributed by atoms with Gasteiger partial charge in [0.25, 0.3) is 11.5 Å². The number of nitrogens with zero attached hydrogens (tertiary/aromatic N) is 3. The van der Waals surface area contributed by atoms with E-state index in [2.05, 4.69) is 30.8 Å². The number of anilines is 3. The van der Waals surface area contributed by atoms with Gasteiger partial charge in [-0.2, -0.15) is 5.10 Å². The van der Waals surface area contributed by atoms with Gasteiger partial charge in [-0.3, -0.25) is 9.59 Å². The third kappa shape index (κ3) is 3.65. The Morgan fingerprint density at radius 2 is 2.00 bits per heavy atom. The monoisotopic (exact) mass is 474 g/mol. The van der Waals surface area contributed by atoms with Crippen LogP contribution in [0, 0.1) is 5.82 Å². The van der Waals surface area contributed by atoms with E-state index in [1.165, 1.54) is 65.6 Å². The van der Waals surface area contributed by atoms with Gasteiger partial charge < -0.3 is 10.6 Å². The molecular weight excluding hydrogens is 455 g/mol. The molecule has 0 saturated heterocycles. The Morgan fingerprint density at radius 1 is 1.12 bits per heavy atom. The minimum atomic E-state index is -0.551. The minimum Gasteiger partial charge on any atom is -0.336 e. The number of fused-ring (bicyclic) bond motifs is 5. The molecule has 0 radical (unpaired) electrons. The molecule has 8 nitrogen and oxygen atoms in total. The standard InChI is InChI=1S/C24H19FN6O2S/c25-16-4-3-13(17-10-19(23(32)31-30-17)28-21-5-6-26-11-27-21)8-18(16)29-24(33)20-9-15-12-1-2-14(7-12)22(15)34-20/h3-6,8-12,14H,1-2,7H2,(H,29,33)(H,31,32)(H,26,27,28,30)/t12-,14?/m0/s1. The van der Waals surface area contributed by atoms with Crippen LogP contribution in [-0.2, 0) is 0 Å². The summed E-state index contributed by atoms with van der Waals surface area (Å²) in [4.78, 5) is 34.9. The highest BCUT2D eigenvalue weighted by Gasteiger charge is 2.39. The van der Waals surface area contributed by atoms with E-state index < -0.39 is 11.4 Å². The van der Waals surface area contributed by atoms with Gasteiger partial charge in [-0.15, -0.1) is 11.3 Å². The van der Waals surface area contributed by atoms with Crippen LogP contribution >= 0.6 is 11.3 Å². The fourth-order valence-corrected chi connectivity index (χ4v) is 6.08. The Kier molecular flexibility index (Phi) is 4.95. The van der Waals surface area contributed by atoms with Crippen molar-refractivity contribution in [3.05, 3.63) is 80.4 Å². The first-order valence-corrected chi connectivity index (χ1v) is 11.7. The minimum absolute atomic E-state index is 0.0531. The molecule has 1 saturated carbocycles. The zero-order chi connectivity index (χ0) is 23.2. The van der Waals surface area contributed by atoms with Crippen molar-refractivity contribution >= 4 is 34.4 Å². The van der Waals surface area contributed by atoms with E-state index in [-0.39, 0.29) is 17.3 Å². The summed E-state index contributed by atoms with van der Waals surface area (Å²) in [5.41, 5.74) is 2.07. The molecule has 1 amide bonds. The lowest BCUT2D eigenvalue weighted by atomic mass is 9.99. The molecule has 0 spiro atoms. The molecule has 6 rings (SSSR count). The van der Waals surface area contributed by atoms with Crippen molar-refractivity contribution in [3.8, 4) is 11.3 Å². The van der Waals surface area contributed by atoms with Crippen LogP contribution in [0.15, 0.2) is 53.7 Å². The van der Waals surface area contributed by atoms with E-state index in [1.54, 1.807) is 18.3 Å². The Morgan fingerprint density at radius 3 is 2.82 bits per heavy atom. The highest BCUT2D eigenvalue weighted by atomic mass is 32.1. The van der Waals surface area contributed by atoms with E-state index in [9.17, 15) is 14.0 Å². The molecule has 2 bridgehead atoms. The summed E-state index contributed by atoms with van der Waals surface area (Å²) in [7, 11) is 0. The van der Waals surface area contributed by atoms with Gasteiger partial charge in [-0.1, -0.05) is 0 Å². The van der Waals surface area contributed by atoms with Crippen molar-refractivity contribution in [2.45, 2.75) is 31.1 Å². The molecule has 2 aliphatic carbocycles. The number of hydrogen-bond acceptors (Lipinski definition) is 7. The molecule has 3 N–H and O–H groups in total. The van der Waals surface area contributed by atoms with Crippen molar-refractivity contribution in [1.82, 2.24) is 20.2 Å². The van der Waals surface area contributed by atoms with Crippen molar-refractivity contribution in [1.29, 1.82) is 0 Å². The van der Waals surface area contributed by atoms with Gasteiger partial charge >= 0.3 is 0 Å². The molecule has 4 aromatic rings. The second kappa shape index (κ2) is 8.14. The molecule has 1 aromatic carbocycles. The molecule has 3 aromatic heterocycles. The lowest BCUT2D eigenvalue weighted by Crippen LogP contribution is -2.14. The summed E-state index contributed by atoms with van der Waals surface area (Å²) in [6.07, 6.45) is 6.48. The van der Waals surface area contributed by atoms with Crippen LogP contribution in [-0.4, -0.2) is 26.1 Å². The van der Waals surface area contributed by atoms with Gasteiger partial charge in [0.15, 0.2) is 0 Å². The Labute approximate surface area is 197 Å². The molecule has 2 aliphatic rings. The van der Waals surface area contributed by atoms with Crippen LogP contribution in [0.2, 0.25) is 0 Å². The second-order valence-electron chi connectivity index (χ2n) is 8.50. The zero-order valence-electron chi connectivity index (χ0n) is 17.8. The van der Waals surface area contributed by atoms with Crippen LogP contribution in [0.25, 0.3) is 11.3 Å². The number of hydrogen-bond donors (Lipinski definition) is 3. The topological polar surface area (TPSA) is 113 Å². The predicted octanol–water partition coefficient (Wildman–Crippen LogP) is 4.79. The molecule has 34 heavy (non-hydrogen) atoms. The smallest absolute Gasteiger partial charge is 0.287 e. The molecule has 0 aliphatic heterocycles. The number of aromatic nitrogens is 4. The number of carbonyl (C=O) groups is 1. The van der Waals surface area contributed by atoms with Crippen LogP contribution in [0.5, 0.6) is 0 Å². The normalized spacial score (nSPS) is 18.0. The number of aromatic amines is 1.